The highest BCUT2D eigenvalue weighted by atomic mass is 31.2. The molecule has 19 heteroatoms. The number of phosphoric ester groups is 2. The summed E-state index contributed by atoms with van der Waals surface area (Å²) >= 11 is 0. The van der Waals surface area contributed by atoms with Crippen LogP contribution in [-0.2, 0) is 65.4 Å². The minimum atomic E-state index is -4.94. The summed E-state index contributed by atoms with van der Waals surface area (Å²) in [6.45, 7) is 9.32. The van der Waals surface area contributed by atoms with Crippen molar-refractivity contribution in [1.82, 2.24) is 0 Å². The van der Waals surface area contributed by atoms with E-state index in [4.69, 9.17) is 37.0 Å². The number of phosphoric acid groups is 2. The van der Waals surface area contributed by atoms with Crippen LogP contribution in [0.2, 0.25) is 0 Å². The molecule has 79 heavy (non-hydrogen) atoms. The number of hydrogen-bond acceptors (Lipinski definition) is 15. The fourth-order valence-electron chi connectivity index (χ4n) is 8.79. The molecular weight excluding hydrogens is 1050 g/mol. The van der Waals surface area contributed by atoms with Crippen molar-refractivity contribution in [3.8, 4) is 0 Å². The number of ether oxygens (including phenoxy) is 4. The zero-order valence-electron chi connectivity index (χ0n) is 50.7. The Hall–Kier alpha value is -1.94. The molecule has 3 unspecified atom stereocenters. The first kappa shape index (κ1) is 77.1. The summed E-state index contributed by atoms with van der Waals surface area (Å²) in [6, 6.07) is 0. The maximum atomic E-state index is 12.9. The maximum Gasteiger partial charge on any atom is 0.472 e. The van der Waals surface area contributed by atoms with Gasteiger partial charge in [0, 0.05) is 25.7 Å². The lowest BCUT2D eigenvalue weighted by molar-refractivity contribution is -0.161. The van der Waals surface area contributed by atoms with Gasteiger partial charge in [-0.1, -0.05) is 241 Å². The van der Waals surface area contributed by atoms with E-state index in [0.29, 0.717) is 31.6 Å². The molecule has 0 fully saturated rings. The Labute approximate surface area is 479 Å². The number of hydrogen-bond donors (Lipinski definition) is 3. The average Bonchev–Trinajstić information content (AvgIpc) is 3.41. The molecule has 0 aliphatic carbocycles. The number of carbonyl (C=O) groups excluding carboxylic acids is 4. The summed E-state index contributed by atoms with van der Waals surface area (Å²) in [7, 11) is -9.87. The van der Waals surface area contributed by atoms with Gasteiger partial charge in [-0.15, -0.1) is 0 Å². The molecule has 0 saturated heterocycles. The van der Waals surface area contributed by atoms with Crippen LogP contribution in [0.5, 0.6) is 0 Å². The van der Waals surface area contributed by atoms with Crippen LogP contribution in [0.1, 0.15) is 292 Å². The van der Waals surface area contributed by atoms with E-state index in [-0.39, 0.29) is 25.7 Å². The Morgan fingerprint density at radius 3 is 0.962 bits per heavy atom. The van der Waals surface area contributed by atoms with Gasteiger partial charge in [0.15, 0.2) is 12.2 Å². The van der Waals surface area contributed by atoms with Crippen LogP contribution in [0.25, 0.3) is 0 Å². The van der Waals surface area contributed by atoms with Crippen molar-refractivity contribution >= 4 is 39.5 Å². The number of esters is 4. The molecule has 0 saturated carbocycles. The molecule has 17 nitrogen and oxygen atoms in total. The van der Waals surface area contributed by atoms with Crippen molar-refractivity contribution < 1.29 is 80.2 Å². The number of aliphatic hydroxyl groups is 1. The van der Waals surface area contributed by atoms with Gasteiger partial charge in [-0.2, -0.15) is 0 Å². The summed E-state index contributed by atoms with van der Waals surface area (Å²) in [5.41, 5.74) is 0. The van der Waals surface area contributed by atoms with Crippen molar-refractivity contribution in [3.63, 3.8) is 0 Å². The first-order valence-electron chi connectivity index (χ1n) is 31.5. The highest BCUT2D eigenvalue weighted by Crippen LogP contribution is 2.45. The van der Waals surface area contributed by atoms with Crippen LogP contribution in [0, 0.1) is 11.8 Å². The Morgan fingerprint density at radius 2 is 0.646 bits per heavy atom. The summed E-state index contributed by atoms with van der Waals surface area (Å²) in [5.74, 6) is -0.709. The second-order valence-corrected chi connectivity index (χ2v) is 25.4. The second-order valence-electron chi connectivity index (χ2n) is 22.5. The van der Waals surface area contributed by atoms with E-state index in [1.807, 2.05) is 0 Å². The second kappa shape index (κ2) is 52.8. The molecule has 0 aliphatic rings. The first-order chi connectivity index (χ1) is 37.9. The van der Waals surface area contributed by atoms with Crippen LogP contribution < -0.4 is 0 Å². The SMILES string of the molecule is CCCCCCCCCCCCCC(=O)OC[C@H](COP(=O)(O)OC[C@@H](O)COP(=O)(O)OC[C@@H](COC(=O)CCCCCCCCC)OC(=O)CCCCCCCCC(C)C)OC(=O)CCCCCCCCCCC(C)CC. The molecule has 0 heterocycles. The van der Waals surface area contributed by atoms with Crippen molar-refractivity contribution in [2.75, 3.05) is 39.6 Å². The highest BCUT2D eigenvalue weighted by molar-refractivity contribution is 7.47. The Kier molecular flexibility index (Phi) is 51.5. The lowest BCUT2D eigenvalue weighted by Gasteiger charge is -2.21. The van der Waals surface area contributed by atoms with E-state index >= 15 is 0 Å². The molecule has 0 spiro atoms. The number of rotatable bonds is 59. The van der Waals surface area contributed by atoms with Crippen LogP contribution in [-0.4, -0.2) is 96.7 Å². The smallest absolute Gasteiger partial charge is 0.462 e. The van der Waals surface area contributed by atoms with Crippen molar-refractivity contribution in [3.05, 3.63) is 0 Å². The lowest BCUT2D eigenvalue weighted by atomic mass is 9.99. The minimum absolute atomic E-state index is 0.101. The van der Waals surface area contributed by atoms with E-state index in [9.17, 15) is 43.2 Å². The van der Waals surface area contributed by atoms with Gasteiger partial charge in [0.1, 0.15) is 19.3 Å². The van der Waals surface area contributed by atoms with E-state index in [2.05, 4.69) is 41.5 Å². The molecule has 468 valence electrons. The Balaban J connectivity index is 5.23. The Bertz CT molecular complexity index is 1570. The van der Waals surface area contributed by atoms with Gasteiger partial charge in [-0.05, 0) is 37.5 Å². The molecule has 6 atom stereocenters. The minimum Gasteiger partial charge on any atom is -0.462 e. The maximum absolute atomic E-state index is 12.9. The topological polar surface area (TPSA) is 237 Å². The van der Waals surface area contributed by atoms with E-state index < -0.39 is 97.5 Å². The summed E-state index contributed by atoms with van der Waals surface area (Å²) in [6.07, 6.45) is 33.6. The molecule has 0 aromatic carbocycles. The molecule has 0 bridgehead atoms. The van der Waals surface area contributed by atoms with Gasteiger partial charge in [0.25, 0.3) is 0 Å². The zero-order valence-corrected chi connectivity index (χ0v) is 52.4. The lowest BCUT2D eigenvalue weighted by Crippen LogP contribution is -2.30. The van der Waals surface area contributed by atoms with Gasteiger partial charge in [0.2, 0.25) is 0 Å². The van der Waals surface area contributed by atoms with Crippen LogP contribution in [0.4, 0.5) is 0 Å². The zero-order chi connectivity index (χ0) is 58.7. The summed E-state index contributed by atoms with van der Waals surface area (Å²) in [4.78, 5) is 71.9. The van der Waals surface area contributed by atoms with Crippen LogP contribution in [0.15, 0.2) is 0 Å². The van der Waals surface area contributed by atoms with Gasteiger partial charge >= 0.3 is 39.5 Å². The predicted octanol–water partition coefficient (Wildman–Crippen LogP) is 16.1. The van der Waals surface area contributed by atoms with Crippen LogP contribution in [0.3, 0.4) is 0 Å². The summed E-state index contributed by atoms with van der Waals surface area (Å²) < 4.78 is 67.7. The van der Waals surface area contributed by atoms with Gasteiger partial charge in [0.05, 0.1) is 26.4 Å². The molecular formula is C60H116O17P2. The molecule has 0 aliphatic heterocycles. The van der Waals surface area contributed by atoms with Crippen molar-refractivity contribution in [2.45, 2.75) is 310 Å². The fourth-order valence-corrected chi connectivity index (χ4v) is 10.4. The number of unbranched alkanes of at least 4 members (excludes halogenated alkanes) is 28. The fraction of sp³-hybridized carbons (Fsp3) is 0.933. The molecule has 0 aromatic rings. The molecule has 0 rings (SSSR count). The Morgan fingerprint density at radius 1 is 0.367 bits per heavy atom. The predicted molar refractivity (Wildman–Crippen MR) is 312 cm³/mol. The summed E-state index contributed by atoms with van der Waals surface area (Å²) in [5, 5.41) is 10.5. The van der Waals surface area contributed by atoms with Gasteiger partial charge in [-0.3, -0.25) is 37.3 Å². The molecule has 0 amide bonds. The standard InChI is InChI=1S/C60H116O17P2/c1-7-10-12-14-16-17-18-19-24-31-37-43-58(63)71-49-55(76-59(64)44-38-32-25-21-20-23-29-35-41-53(6)9-3)50-74-78(66,67)72-46-54(61)47-73-79(68,69)75-51-56(48-70-57(62)42-36-30-22-15-13-11-8-2)77-60(65)45-39-33-27-26-28-34-40-52(4)5/h52-56,61H,7-51H2,1-6H3,(H,66,67)(H,68,69)/t53?,54-,55-,56-/m1/s1. The monoisotopic (exact) mass is 1170 g/mol. The van der Waals surface area contributed by atoms with Crippen molar-refractivity contribution in [1.29, 1.82) is 0 Å². The third-order valence-corrected chi connectivity index (χ3v) is 16.0. The molecule has 0 aromatic heterocycles. The van der Waals surface area contributed by atoms with Gasteiger partial charge < -0.3 is 33.8 Å². The third kappa shape index (κ3) is 53.8. The van der Waals surface area contributed by atoms with E-state index in [1.165, 1.54) is 96.3 Å². The number of aliphatic hydroxyl groups excluding tert-OH is 1. The quantitative estimate of drug-likeness (QED) is 0.0222. The van der Waals surface area contributed by atoms with Crippen LogP contribution >= 0.6 is 15.6 Å². The third-order valence-electron chi connectivity index (χ3n) is 14.1. The van der Waals surface area contributed by atoms with E-state index in [1.54, 1.807) is 0 Å². The molecule has 3 N–H and O–H groups in total. The first-order valence-corrected chi connectivity index (χ1v) is 34.5. The molecule has 0 radical (unpaired) electrons. The number of carbonyl (C=O) groups is 4. The van der Waals surface area contributed by atoms with Crippen molar-refractivity contribution in [2.24, 2.45) is 11.8 Å². The normalized spacial score (nSPS) is 14.8. The van der Waals surface area contributed by atoms with E-state index in [0.717, 1.165) is 109 Å². The average molecular weight is 1170 g/mol. The van der Waals surface area contributed by atoms with Gasteiger partial charge in [-0.25, -0.2) is 9.13 Å². The largest absolute Gasteiger partial charge is 0.472 e. The highest BCUT2D eigenvalue weighted by Gasteiger charge is 2.30.